The van der Waals surface area contributed by atoms with E-state index in [0.29, 0.717) is 5.92 Å². The normalized spacial score (nSPS) is 14.4. The van der Waals surface area contributed by atoms with Crippen LogP contribution in [0.1, 0.15) is 18.9 Å². The van der Waals surface area contributed by atoms with E-state index in [1.165, 1.54) is 81.1 Å². The van der Waals surface area contributed by atoms with E-state index in [1.807, 2.05) is 0 Å². The second-order valence-electron chi connectivity index (χ2n) is 14.1. The van der Waals surface area contributed by atoms with Crippen molar-refractivity contribution in [3.8, 4) is 11.1 Å². The second kappa shape index (κ2) is 11.4. The summed E-state index contributed by atoms with van der Waals surface area (Å²) in [5.41, 5.74) is 9.71. The average Bonchev–Trinajstić information content (AvgIpc) is 3.57. The lowest BCUT2D eigenvalue weighted by Gasteiger charge is -2.28. The average molecular weight is 639 g/mol. The largest absolute Gasteiger partial charge is 0.455 e. The van der Waals surface area contributed by atoms with E-state index in [2.05, 4.69) is 172 Å². The van der Waals surface area contributed by atoms with Crippen LogP contribution in [-0.2, 0) is 0 Å². The molecule has 0 N–H and O–H groups in total. The van der Waals surface area contributed by atoms with E-state index >= 15 is 0 Å². The van der Waals surface area contributed by atoms with Gasteiger partial charge in [0, 0.05) is 16.3 Å². The van der Waals surface area contributed by atoms with Crippen molar-refractivity contribution in [2.24, 2.45) is 5.92 Å². The van der Waals surface area contributed by atoms with Gasteiger partial charge in [-0.05, 0) is 79.7 Å². The summed E-state index contributed by atoms with van der Waals surface area (Å²) in [6.45, 7) is 4.78. The zero-order valence-corrected chi connectivity index (χ0v) is 28.3. The Balaban J connectivity index is 1.29. The topological polar surface area (TPSA) is 13.1 Å². The van der Waals surface area contributed by atoms with E-state index < -0.39 is 0 Å². The van der Waals surface area contributed by atoms with Crippen LogP contribution in [-0.4, -0.2) is 6.71 Å². The van der Waals surface area contributed by atoms with E-state index in [1.54, 1.807) is 0 Å². The van der Waals surface area contributed by atoms with Crippen molar-refractivity contribution < 1.29 is 4.42 Å². The van der Waals surface area contributed by atoms with E-state index in [-0.39, 0.29) is 6.71 Å². The lowest BCUT2D eigenvalue weighted by atomic mass is 9.32. The lowest BCUT2D eigenvalue weighted by molar-refractivity contribution is 0.670. The van der Waals surface area contributed by atoms with Gasteiger partial charge >= 0.3 is 0 Å². The SMILES string of the molecule is Cc1ccc2ccccc2c1B(C1=c2ccccc2=CCC1C)c1cccc(-c2cc3ccccc3c3c2oc2ccc4ccccc4c23)c1. The summed E-state index contributed by atoms with van der Waals surface area (Å²) in [5.74, 6) is 0.396. The van der Waals surface area contributed by atoms with Gasteiger partial charge in [-0.2, -0.15) is 0 Å². The Bertz CT molecular complexity index is 2950. The highest BCUT2D eigenvalue weighted by atomic mass is 16.3. The van der Waals surface area contributed by atoms with Crippen LogP contribution in [0.3, 0.4) is 0 Å². The zero-order valence-electron chi connectivity index (χ0n) is 28.3. The molecule has 0 saturated heterocycles. The van der Waals surface area contributed by atoms with E-state index in [4.69, 9.17) is 4.42 Å². The van der Waals surface area contributed by atoms with E-state index in [0.717, 1.165) is 23.2 Å². The Hall–Kier alpha value is -5.86. The number of fused-ring (bicyclic) bond motifs is 9. The van der Waals surface area contributed by atoms with Crippen LogP contribution in [0.5, 0.6) is 0 Å². The summed E-state index contributed by atoms with van der Waals surface area (Å²) in [6.07, 6.45) is 3.45. The first-order chi connectivity index (χ1) is 24.6. The Morgan fingerprint density at radius 3 is 2.12 bits per heavy atom. The molecule has 50 heavy (non-hydrogen) atoms. The molecule has 0 radical (unpaired) electrons. The molecule has 1 nitrogen and oxygen atoms in total. The van der Waals surface area contributed by atoms with Gasteiger partial charge in [0.2, 0.25) is 6.71 Å². The van der Waals surface area contributed by atoms with Crippen molar-refractivity contribution in [3.63, 3.8) is 0 Å². The van der Waals surface area contributed by atoms with Crippen molar-refractivity contribution in [2.45, 2.75) is 20.3 Å². The van der Waals surface area contributed by atoms with E-state index in [9.17, 15) is 0 Å². The molecule has 1 aliphatic rings. The third kappa shape index (κ3) is 4.41. The summed E-state index contributed by atoms with van der Waals surface area (Å²) >= 11 is 0. The molecule has 9 aromatic rings. The molecular formula is C48H35BO. The molecule has 10 rings (SSSR count). The van der Waals surface area contributed by atoms with Crippen LogP contribution < -0.4 is 21.4 Å². The maximum atomic E-state index is 6.89. The molecular weight excluding hydrogens is 603 g/mol. The number of rotatable bonds is 4. The van der Waals surface area contributed by atoms with Crippen LogP contribution in [0.25, 0.3) is 76.9 Å². The summed E-state index contributed by atoms with van der Waals surface area (Å²) in [7, 11) is 0. The zero-order chi connectivity index (χ0) is 33.3. The molecule has 0 amide bonds. The fourth-order valence-corrected chi connectivity index (χ4v) is 8.85. The first-order valence-corrected chi connectivity index (χ1v) is 17.8. The van der Waals surface area contributed by atoms with Gasteiger partial charge in [0.25, 0.3) is 0 Å². The van der Waals surface area contributed by atoms with Crippen molar-refractivity contribution in [3.05, 3.63) is 168 Å². The number of hydrogen-bond acceptors (Lipinski definition) is 1. The van der Waals surface area contributed by atoms with Gasteiger partial charge in [-0.3, -0.25) is 0 Å². The predicted octanol–water partition coefficient (Wildman–Crippen LogP) is 9.84. The number of hydrogen-bond donors (Lipinski definition) is 0. The minimum Gasteiger partial charge on any atom is -0.455 e. The molecule has 1 unspecified atom stereocenters. The van der Waals surface area contributed by atoms with Crippen molar-refractivity contribution >= 4 is 83.4 Å². The summed E-state index contributed by atoms with van der Waals surface area (Å²) in [5, 5.41) is 12.6. The van der Waals surface area contributed by atoms with Gasteiger partial charge in [-0.25, -0.2) is 0 Å². The first kappa shape index (κ1) is 29.1. The smallest absolute Gasteiger partial charge is 0.239 e. The molecule has 236 valence electrons. The molecule has 1 atom stereocenters. The van der Waals surface area contributed by atoms with Crippen LogP contribution >= 0.6 is 0 Å². The highest BCUT2D eigenvalue weighted by Crippen LogP contribution is 2.43. The Morgan fingerprint density at radius 1 is 0.600 bits per heavy atom. The molecule has 1 heterocycles. The molecule has 1 aromatic heterocycles. The van der Waals surface area contributed by atoms with Crippen LogP contribution in [0, 0.1) is 12.8 Å². The molecule has 1 aliphatic carbocycles. The Labute approximate surface area is 291 Å². The predicted molar refractivity (Wildman–Crippen MR) is 215 cm³/mol. The highest BCUT2D eigenvalue weighted by molar-refractivity contribution is 7.00. The van der Waals surface area contributed by atoms with Gasteiger partial charge in [-0.1, -0.05) is 174 Å². The van der Waals surface area contributed by atoms with Gasteiger partial charge in [0.15, 0.2) is 0 Å². The molecule has 0 saturated carbocycles. The minimum atomic E-state index is 0.0847. The fraction of sp³-hybridized carbons (Fsp3) is 0.0833. The monoisotopic (exact) mass is 638 g/mol. The molecule has 0 fully saturated rings. The highest BCUT2D eigenvalue weighted by Gasteiger charge is 2.32. The Kier molecular flexibility index (Phi) is 6.61. The number of benzene rings is 8. The summed E-state index contributed by atoms with van der Waals surface area (Å²) in [4.78, 5) is 0. The van der Waals surface area contributed by atoms with Crippen LogP contribution in [0.15, 0.2) is 156 Å². The molecule has 8 aromatic carbocycles. The first-order valence-electron chi connectivity index (χ1n) is 17.8. The van der Waals surface area contributed by atoms with Gasteiger partial charge in [-0.15, -0.1) is 0 Å². The molecule has 0 aliphatic heterocycles. The minimum absolute atomic E-state index is 0.0847. The maximum Gasteiger partial charge on any atom is 0.239 e. The van der Waals surface area contributed by atoms with Crippen LogP contribution in [0.2, 0.25) is 0 Å². The third-order valence-electron chi connectivity index (χ3n) is 11.2. The van der Waals surface area contributed by atoms with Gasteiger partial charge in [0.1, 0.15) is 11.2 Å². The fourth-order valence-electron chi connectivity index (χ4n) is 8.85. The van der Waals surface area contributed by atoms with Gasteiger partial charge < -0.3 is 4.42 Å². The van der Waals surface area contributed by atoms with Gasteiger partial charge in [0.05, 0.1) is 0 Å². The van der Waals surface area contributed by atoms with Crippen LogP contribution in [0.4, 0.5) is 0 Å². The summed E-state index contributed by atoms with van der Waals surface area (Å²) < 4.78 is 6.89. The molecule has 2 heteroatoms. The Morgan fingerprint density at radius 2 is 1.28 bits per heavy atom. The number of furan rings is 1. The van der Waals surface area contributed by atoms with Crippen molar-refractivity contribution in [1.29, 1.82) is 0 Å². The number of aryl methyl sites for hydroxylation is 1. The summed E-state index contributed by atoms with van der Waals surface area (Å²) in [6, 6.07) is 55.9. The third-order valence-corrected chi connectivity index (χ3v) is 11.2. The molecule has 0 spiro atoms. The standard InChI is InChI=1S/C48H35BO/c1-30-22-24-33-13-4-9-20-40(33)46(30)49(47-31(2)23-25-34-14-5-10-21-41(34)47)37-17-11-16-35(28-37)42-29-36-15-6-8-19-39(36)45-44-38-18-7-3-12-32(38)26-27-43(44)50-48(42)45/h3-22,24-29,31H,23H2,1-2H3. The van der Waals surface area contributed by atoms with Crippen molar-refractivity contribution in [1.82, 2.24) is 0 Å². The lowest BCUT2D eigenvalue weighted by Crippen LogP contribution is -2.51. The quantitative estimate of drug-likeness (QED) is 0.175. The van der Waals surface area contributed by atoms with Crippen molar-refractivity contribution in [2.75, 3.05) is 0 Å². The second-order valence-corrected chi connectivity index (χ2v) is 14.1. The molecule has 0 bridgehead atoms. The maximum absolute atomic E-state index is 6.89.